The Balaban J connectivity index is 2.63. The van der Waals surface area contributed by atoms with Crippen LogP contribution in [-0.2, 0) is 0 Å². The molecule has 1 fully saturated rings. The van der Waals surface area contributed by atoms with Crippen LogP contribution in [0.2, 0.25) is 0 Å². The number of hydrogen-bond acceptors (Lipinski definition) is 1. The van der Waals surface area contributed by atoms with Crippen LogP contribution in [0, 0.1) is 11.8 Å². The van der Waals surface area contributed by atoms with E-state index in [1.54, 1.807) is 0 Å². The van der Waals surface area contributed by atoms with E-state index in [1.165, 1.54) is 25.0 Å². The molecule has 2 atom stereocenters. The van der Waals surface area contributed by atoms with Gasteiger partial charge in [-0.25, -0.2) is 0 Å². The molecule has 58 valence electrons. The van der Waals surface area contributed by atoms with Crippen molar-refractivity contribution in [3.05, 3.63) is 0 Å². The topological polar surface area (TPSA) is 12.4 Å². The van der Waals surface area contributed by atoms with Gasteiger partial charge >= 0.3 is 0 Å². The van der Waals surface area contributed by atoms with Gasteiger partial charge in [0.05, 0.1) is 0 Å². The highest BCUT2D eigenvalue weighted by atomic mass is 14.7. The van der Waals surface area contributed by atoms with E-state index in [9.17, 15) is 0 Å². The molecule has 1 saturated carbocycles. The highest BCUT2D eigenvalue weighted by Crippen LogP contribution is 2.25. The summed E-state index contributed by atoms with van der Waals surface area (Å²) < 4.78 is 0. The molecule has 1 nitrogen and oxygen atoms in total. The summed E-state index contributed by atoms with van der Waals surface area (Å²) in [6.07, 6.45) is 4.08. The summed E-state index contributed by atoms with van der Waals surface area (Å²) in [5.74, 6) is 1.49. The van der Waals surface area contributed by atoms with E-state index in [2.05, 4.69) is 18.8 Å². The number of aliphatic imine (C=N–C) groups is 1. The molecular weight excluding hydrogens is 122 g/mol. The zero-order valence-corrected chi connectivity index (χ0v) is 7.22. The fourth-order valence-corrected chi connectivity index (χ4v) is 1.95. The van der Waals surface area contributed by atoms with E-state index >= 15 is 0 Å². The Morgan fingerprint density at radius 1 is 1.20 bits per heavy atom. The maximum absolute atomic E-state index is 4.33. The molecule has 1 aliphatic carbocycles. The van der Waals surface area contributed by atoms with Gasteiger partial charge in [-0.15, -0.1) is 0 Å². The van der Waals surface area contributed by atoms with Crippen molar-refractivity contribution in [3.8, 4) is 0 Å². The lowest BCUT2D eigenvalue weighted by molar-refractivity contribution is 0.487. The maximum atomic E-state index is 4.33. The van der Waals surface area contributed by atoms with Crippen molar-refractivity contribution in [2.45, 2.75) is 33.1 Å². The van der Waals surface area contributed by atoms with Gasteiger partial charge < -0.3 is 0 Å². The van der Waals surface area contributed by atoms with Crippen molar-refractivity contribution in [2.75, 3.05) is 7.05 Å². The molecule has 1 heteroatoms. The first-order valence-electron chi connectivity index (χ1n) is 4.22. The Hall–Kier alpha value is -0.330. The molecule has 0 saturated heterocycles. The number of nitrogens with zero attached hydrogens (tertiary/aromatic N) is 1. The van der Waals surface area contributed by atoms with Gasteiger partial charge in [-0.2, -0.15) is 0 Å². The van der Waals surface area contributed by atoms with Gasteiger partial charge in [0.1, 0.15) is 0 Å². The SMILES string of the molecule is CN=C1C(C)CCCC1C. The lowest BCUT2D eigenvalue weighted by Crippen LogP contribution is -2.24. The minimum Gasteiger partial charge on any atom is -0.297 e. The van der Waals surface area contributed by atoms with Gasteiger partial charge in [-0.1, -0.05) is 20.3 Å². The molecule has 1 rings (SSSR count). The quantitative estimate of drug-likeness (QED) is 0.489. The molecular formula is C9H17N. The zero-order chi connectivity index (χ0) is 7.56. The molecule has 0 heterocycles. The van der Waals surface area contributed by atoms with Crippen LogP contribution in [0.3, 0.4) is 0 Å². The maximum Gasteiger partial charge on any atom is 0.0276 e. The largest absolute Gasteiger partial charge is 0.297 e. The molecule has 0 spiro atoms. The van der Waals surface area contributed by atoms with E-state index in [0.29, 0.717) is 0 Å². The van der Waals surface area contributed by atoms with Gasteiger partial charge in [0.2, 0.25) is 0 Å². The third kappa shape index (κ3) is 1.39. The minimum atomic E-state index is 0.744. The molecule has 0 aromatic carbocycles. The van der Waals surface area contributed by atoms with Crippen LogP contribution >= 0.6 is 0 Å². The summed E-state index contributed by atoms with van der Waals surface area (Å²) in [6, 6.07) is 0. The molecule has 0 radical (unpaired) electrons. The molecule has 0 aliphatic heterocycles. The Bertz CT molecular complexity index is 126. The lowest BCUT2D eigenvalue weighted by atomic mass is 9.81. The smallest absolute Gasteiger partial charge is 0.0276 e. The Morgan fingerprint density at radius 3 is 2.00 bits per heavy atom. The molecule has 0 aromatic rings. The lowest BCUT2D eigenvalue weighted by Gasteiger charge is -2.25. The van der Waals surface area contributed by atoms with Crippen molar-refractivity contribution in [1.29, 1.82) is 0 Å². The predicted molar refractivity (Wildman–Crippen MR) is 45.5 cm³/mol. The van der Waals surface area contributed by atoms with Crippen LogP contribution in [0.1, 0.15) is 33.1 Å². The predicted octanol–water partition coefficient (Wildman–Crippen LogP) is 2.51. The highest BCUT2D eigenvalue weighted by molar-refractivity contribution is 5.88. The fourth-order valence-electron chi connectivity index (χ4n) is 1.95. The van der Waals surface area contributed by atoms with Gasteiger partial charge in [0.25, 0.3) is 0 Å². The van der Waals surface area contributed by atoms with Crippen LogP contribution in [-0.4, -0.2) is 12.8 Å². The second-order valence-electron chi connectivity index (χ2n) is 3.38. The molecule has 0 amide bonds. The second kappa shape index (κ2) is 3.18. The van der Waals surface area contributed by atoms with E-state index in [4.69, 9.17) is 0 Å². The molecule has 0 aromatic heterocycles. The second-order valence-corrected chi connectivity index (χ2v) is 3.38. The zero-order valence-electron chi connectivity index (χ0n) is 7.22. The van der Waals surface area contributed by atoms with Crippen molar-refractivity contribution in [3.63, 3.8) is 0 Å². The highest BCUT2D eigenvalue weighted by Gasteiger charge is 2.21. The third-order valence-electron chi connectivity index (χ3n) is 2.54. The Labute approximate surface area is 63.5 Å². The first-order valence-corrected chi connectivity index (χ1v) is 4.22. The summed E-state index contributed by atoms with van der Waals surface area (Å²) in [6.45, 7) is 4.58. The van der Waals surface area contributed by atoms with Crippen LogP contribution in [0.5, 0.6) is 0 Å². The van der Waals surface area contributed by atoms with Crippen LogP contribution in [0.4, 0.5) is 0 Å². The van der Waals surface area contributed by atoms with Crippen molar-refractivity contribution >= 4 is 5.71 Å². The average molecular weight is 139 g/mol. The van der Waals surface area contributed by atoms with Crippen LogP contribution in [0.25, 0.3) is 0 Å². The monoisotopic (exact) mass is 139 g/mol. The van der Waals surface area contributed by atoms with E-state index in [1.807, 2.05) is 7.05 Å². The normalized spacial score (nSPS) is 34.1. The first-order chi connectivity index (χ1) is 4.75. The molecule has 0 bridgehead atoms. The van der Waals surface area contributed by atoms with E-state index in [0.717, 1.165) is 11.8 Å². The fraction of sp³-hybridized carbons (Fsp3) is 0.889. The standard InChI is InChI=1S/C9H17N/c1-7-5-4-6-8(2)9(7)10-3/h7-8H,4-6H2,1-3H3. The minimum absolute atomic E-state index is 0.744. The summed E-state index contributed by atoms with van der Waals surface area (Å²) >= 11 is 0. The van der Waals surface area contributed by atoms with Gasteiger partial charge in [0, 0.05) is 12.8 Å². The third-order valence-corrected chi connectivity index (χ3v) is 2.54. The first kappa shape index (κ1) is 7.77. The van der Waals surface area contributed by atoms with E-state index < -0.39 is 0 Å². The average Bonchev–Trinajstić information content (AvgIpc) is 1.88. The Kier molecular flexibility index (Phi) is 2.47. The summed E-state index contributed by atoms with van der Waals surface area (Å²) in [5.41, 5.74) is 1.44. The van der Waals surface area contributed by atoms with Crippen molar-refractivity contribution in [2.24, 2.45) is 16.8 Å². The molecule has 2 unspecified atom stereocenters. The summed E-state index contributed by atoms with van der Waals surface area (Å²) in [5, 5.41) is 0. The van der Waals surface area contributed by atoms with Gasteiger partial charge in [-0.05, 0) is 24.7 Å². The van der Waals surface area contributed by atoms with Crippen molar-refractivity contribution < 1.29 is 0 Å². The van der Waals surface area contributed by atoms with Crippen LogP contribution < -0.4 is 0 Å². The summed E-state index contributed by atoms with van der Waals surface area (Å²) in [7, 11) is 1.92. The molecule has 0 N–H and O–H groups in total. The Morgan fingerprint density at radius 2 is 1.70 bits per heavy atom. The number of rotatable bonds is 0. The van der Waals surface area contributed by atoms with Gasteiger partial charge in [0.15, 0.2) is 0 Å². The van der Waals surface area contributed by atoms with E-state index in [-0.39, 0.29) is 0 Å². The van der Waals surface area contributed by atoms with Crippen molar-refractivity contribution in [1.82, 2.24) is 0 Å². The molecule has 1 aliphatic rings. The summed E-state index contributed by atoms with van der Waals surface area (Å²) in [4.78, 5) is 4.33. The molecule has 10 heavy (non-hydrogen) atoms. The number of hydrogen-bond donors (Lipinski definition) is 0. The van der Waals surface area contributed by atoms with Crippen LogP contribution in [0.15, 0.2) is 4.99 Å². The van der Waals surface area contributed by atoms with Gasteiger partial charge in [-0.3, -0.25) is 4.99 Å².